The second kappa shape index (κ2) is 5.76. The third-order valence-electron chi connectivity index (χ3n) is 3.29. The summed E-state index contributed by atoms with van der Waals surface area (Å²) in [6.07, 6.45) is 1.44. The van der Waals surface area contributed by atoms with Crippen LogP contribution in [0.1, 0.15) is 5.56 Å². The van der Waals surface area contributed by atoms with Gasteiger partial charge in [0, 0.05) is 0 Å². The van der Waals surface area contributed by atoms with E-state index in [-0.39, 0.29) is 17.0 Å². The lowest BCUT2D eigenvalue weighted by Crippen LogP contribution is -2.22. The Bertz CT molecular complexity index is 823. The highest BCUT2D eigenvalue weighted by Gasteiger charge is 2.34. The van der Waals surface area contributed by atoms with Gasteiger partial charge >= 0.3 is 5.97 Å². The number of amides is 1. The number of aromatic hydroxyl groups is 1. The molecule has 2 aromatic rings. The normalized spacial score (nSPS) is 15.8. The van der Waals surface area contributed by atoms with Gasteiger partial charge in [-0.1, -0.05) is 30.3 Å². The van der Waals surface area contributed by atoms with Crippen LogP contribution in [-0.4, -0.2) is 27.8 Å². The van der Waals surface area contributed by atoms with Gasteiger partial charge in [-0.3, -0.25) is 4.79 Å². The maximum atomic E-state index is 12.5. The second-order valence-electron chi connectivity index (χ2n) is 4.86. The number of nitrogens with zero attached hydrogens (tertiary/aromatic N) is 2. The molecule has 0 radical (unpaired) electrons. The summed E-state index contributed by atoms with van der Waals surface area (Å²) in [6.45, 7) is 0. The molecule has 0 unspecified atom stereocenters. The molecule has 2 N–H and O–H groups in total. The molecule has 6 nitrogen and oxygen atoms in total. The van der Waals surface area contributed by atoms with Crippen LogP contribution in [0.15, 0.2) is 65.3 Å². The summed E-state index contributed by atoms with van der Waals surface area (Å²) in [5.41, 5.74) is 0.763. The lowest BCUT2D eigenvalue weighted by atomic mass is 10.1. The number of carbonyl (C=O) groups excluding carboxylic acids is 1. The molecule has 1 heterocycles. The first-order valence-electron chi connectivity index (χ1n) is 6.79. The van der Waals surface area contributed by atoms with Crippen molar-refractivity contribution >= 4 is 29.4 Å². The highest BCUT2D eigenvalue weighted by molar-refractivity contribution is 6.53. The van der Waals surface area contributed by atoms with Crippen LogP contribution in [0.2, 0.25) is 0 Å². The van der Waals surface area contributed by atoms with E-state index in [0.717, 1.165) is 5.01 Å². The molecule has 23 heavy (non-hydrogen) atoms. The van der Waals surface area contributed by atoms with Gasteiger partial charge in [0.2, 0.25) is 0 Å². The van der Waals surface area contributed by atoms with Crippen LogP contribution in [0, 0.1) is 0 Å². The van der Waals surface area contributed by atoms with Crippen molar-refractivity contribution in [2.24, 2.45) is 5.10 Å². The predicted octanol–water partition coefficient (Wildman–Crippen LogP) is 2.26. The minimum absolute atomic E-state index is 0.00737. The zero-order valence-corrected chi connectivity index (χ0v) is 11.9. The van der Waals surface area contributed by atoms with Crippen molar-refractivity contribution in [3.63, 3.8) is 0 Å². The van der Waals surface area contributed by atoms with Gasteiger partial charge in [0.1, 0.15) is 5.75 Å². The highest BCUT2D eigenvalue weighted by Crippen LogP contribution is 2.25. The zero-order valence-electron chi connectivity index (χ0n) is 11.9. The largest absolute Gasteiger partial charge is 0.508 e. The van der Waals surface area contributed by atoms with Crippen molar-refractivity contribution in [1.82, 2.24) is 0 Å². The van der Waals surface area contributed by atoms with Gasteiger partial charge in [-0.15, -0.1) is 0 Å². The highest BCUT2D eigenvalue weighted by atomic mass is 16.4. The third-order valence-corrected chi connectivity index (χ3v) is 3.29. The summed E-state index contributed by atoms with van der Waals surface area (Å²) in [6, 6.07) is 14.7. The second-order valence-corrected chi connectivity index (χ2v) is 4.86. The van der Waals surface area contributed by atoms with Crippen molar-refractivity contribution in [3.05, 3.63) is 65.7 Å². The summed E-state index contributed by atoms with van der Waals surface area (Å²) >= 11 is 0. The van der Waals surface area contributed by atoms with Crippen LogP contribution in [0.3, 0.4) is 0 Å². The van der Waals surface area contributed by atoms with Crippen molar-refractivity contribution in [2.45, 2.75) is 0 Å². The molecule has 0 atom stereocenters. The number of anilines is 1. The molecule has 0 saturated carbocycles. The van der Waals surface area contributed by atoms with Crippen LogP contribution < -0.4 is 5.01 Å². The fraction of sp³-hybridized carbons (Fsp3) is 0. The molecule has 1 aliphatic heterocycles. The third kappa shape index (κ3) is 2.82. The molecular weight excluding hydrogens is 296 g/mol. The van der Waals surface area contributed by atoms with Crippen molar-refractivity contribution < 1.29 is 19.8 Å². The van der Waals surface area contributed by atoms with Gasteiger partial charge in [-0.05, 0) is 35.9 Å². The molecule has 2 aromatic carbocycles. The van der Waals surface area contributed by atoms with Gasteiger partial charge in [0.05, 0.1) is 11.3 Å². The van der Waals surface area contributed by atoms with E-state index in [1.54, 1.807) is 42.5 Å². The zero-order chi connectivity index (χ0) is 16.4. The Morgan fingerprint density at radius 3 is 2.30 bits per heavy atom. The Morgan fingerprint density at radius 2 is 1.70 bits per heavy atom. The van der Waals surface area contributed by atoms with Crippen molar-refractivity contribution in [2.75, 3.05) is 5.01 Å². The molecule has 0 bridgehead atoms. The van der Waals surface area contributed by atoms with Gasteiger partial charge < -0.3 is 10.2 Å². The molecule has 3 rings (SSSR count). The Kier molecular flexibility index (Phi) is 3.64. The number of phenolic OH excluding ortho intramolecular Hbond substituents is 1. The topological polar surface area (TPSA) is 90.2 Å². The van der Waals surface area contributed by atoms with Gasteiger partial charge in [-0.25, -0.2) is 4.79 Å². The van der Waals surface area contributed by atoms with Crippen LogP contribution in [0.4, 0.5) is 5.69 Å². The molecule has 1 aliphatic rings. The summed E-state index contributed by atoms with van der Waals surface area (Å²) in [7, 11) is 0. The molecule has 0 saturated heterocycles. The van der Waals surface area contributed by atoms with E-state index in [9.17, 15) is 19.8 Å². The van der Waals surface area contributed by atoms with Crippen LogP contribution in [0.25, 0.3) is 6.08 Å². The standard InChI is InChI=1S/C17H12N2O4/c20-13-8-6-11(7-9-13)10-14-15(17(22)23)18-19(16(14)21)12-4-2-1-3-5-12/h1-10,20H,(H,22,23). The number of benzene rings is 2. The predicted molar refractivity (Wildman–Crippen MR) is 85.1 cm³/mol. The van der Waals surface area contributed by atoms with E-state index in [0.29, 0.717) is 11.3 Å². The Hall–Kier alpha value is -3.41. The van der Waals surface area contributed by atoms with Crippen molar-refractivity contribution in [1.29, 1.82) is 0 Å². The summed E-state index contributed by atoms with van der Waals surface area (Å²) in [4.78, 5) is 23.9. The lowest BCUT2D eigenvalue weighted by molar-refractivity contribution is -0.129. The number of rotatable bonds is 3. The number of hydrogen-bond donors (Lipinski definition) is 2. The molecule has 1 amide bonds. The molecule has 0 fully saturated rings. The average molecular weight is 308 g/mol. The van der Waals surface area contributed by atoms with Gasteiger partial charge in [-0.2, -0.15) is 10.1 Å². The number of carboxylic acids is 1. The van der Waals surface area contributed by atoms with Crippen molar-refractivity contribution in [3.8, 4) is 5.75 Å². The lowest BCUT2D eigenvalue weighted by Gasteiger charge is -2.10. The molecule has 0 spiro atoms. The van der Waals surface area contributed by atoms with Crippen LogP contribution in [-0.2, 0) is 9.59 Å². The van der Waals surface area contributed by atoms with E-state index in [1.165, 1.54) is 18.2 Å². The first kappa shape index (κ1) is 14.5. The Morgan fingerprint density at radius 1 is 1.04 bits per heavy atom. The van der Waals surface area contributed by atoms with Crippen LogP contribution in [0.5, 0.6) is 5.75 Å². The number of carbonyl (C=O) groups is 2. The minimum atomic E-state index is -1.28. The van der Waals surface area contributed by atoms with Crippen LogP contribution >= 0.6 is 0 Å². The fourth-order valence-electron chi connectivity index (χ4n) is 2.18. The molecule has 114 valence electrons. The first-order chi connectivity index (χ1) is 11.1. The summed E-state index contributed by atoms with van der Waals surface area (Å²) in [5.74, 6) is -1.70. The van der Waals surface area contributed by atoms with E-state index in [2.05, 4.69) is 5.10 Å². The number of hydrogen-bond acceptors (Lipinski definition) is 4. The SMILES string of the molecule is O=C(O)C1=NN(c2ccccc2)C(=O)C1=Cc1ccc(O)cc1. The Balaban J connectivity index is 2.03. The molecule has 0 aliphatic carbocycles. The molecule has 6 heteroatoms. The maximum Gasteiger partial charge on any atom is 0.357 e. The average Bonchev–Trinajstić information content (AvgIpc) is 2.88. The number of hydrazone groups is 1. The Labute approximate surface area is 131 Å². The summed E-state index contributed by atoms with van der Waals surface area (Å²) < 4.78 is 0. The minimum Gasteiger partial charge on any atom is -0.508 e. The number of aliphatic carboxylic acids is 1. The molecular formula is C17H12N2O4. The van der Waals surface area contributed by atoms with E-state index in [4.69, 9.17) is 0 Å². The summed E-state index contributed by atoms with van der Waals surface area (Å²) in [5, 5.41) is 23.6. The first-order valence-corrected chi connectivity index (χ1v) is 6.79. The quantitative estimate of drug-likeness (QED) is 0.851. The number of phenols is 1. The molecule has 0 aromatic heterocycles. The smallest absolute Gasteiger partial charge is 0.357 e. The van der Waals surface area contributed by atoms with Gasteiger partial charge in [0.15, 0.2) is 5.71 Å². The maximum absolute atomic E-state index is 12.5. The fourth-order valence-corrected chi connectivity index (χ4v) is 2.18. The van der Waals surface area contributed by atoms with Gasteiger partial charge in [0.25, 0.3) is 5.91 Å². The van der Waals surface area contributed by atoms with E-state index < -0.39 is 11.9 Å². The van der Waals surface area contributed by atoms with E-state index in [1.807, 2.05) is 0 Å². The monoisotopic (exact) mass is 308 g/mol. The number of para-hydroxylation sites is 1. The van der Waals surface area contributed by atoms with E-state index >= 15 is 0 Å². The number of carboxylic acid groups (broad SMARTS) is 1.